The average molecular weight is 417 g/mol. The highest BCUT2D eigenvalue weighted by Crippen LogP contribution is 2.26. The zero-order valence-electron chi connectivity index (χ0n) is 17.0. The van der Waals surface area contributed by atoms with Crippen LogP contribution in [0.2, 0.25) is 0 Å². The number of hydrogen-bond donors (Lipinski definition) is 2. The number of ether oxygens (including phenoxy) is 2. The van der Waals surface area contributed by atoms with Crippen LogP contribution in [-0.2, 0) is 14.3 Å². The summed E-state index contributed by atoms with van der Waals surface area (Å²) < 4.78 is 10.7. The first-order valence-electron chi connectivity index (χ1n) is 10.0. The zero-order valence-corrected chi connectivity index (χ0v) is 17.0. The van der Waals surface area contributed by atoms with Gasteiger partial charge in [-0.3, -0.25) is 4.79 Å². The second kappa shape index (κ2) is 10.2. The maximum atomic E-state index is 12.8. The minimum atomic E-state index is -1.15. The van der Waals surface area contributed by atoms with Gasteiger partial charge in [-0.05, 0) is 25.0 Å². The van der Waals surface area contributed by atoms with E-state index in [1.165, 1.54) is 7.11 Å². The molecule has 2 unspecified atom stereocenters. The molecule has 2 aliphatic rings. The molecule has 0 radical (unpaired) electrons. The van der Waals surface area contributed by atoms with Crippen molar-refractivity contribution in [2.75, 3.05) is 44.9 Å². The number of likely N-dealkylation sites (tertiary alicyclic amines) is 1. The molecule has 1 aromatic rings. The summed E-state index contributed by atoms with van der Waals surface area (Å²) in [6.07, 6.45) is 2.16. The molecule has 2 aliphatic heterocycles. The molecular formula is C20H27N5O5. The van der Waals surface area contributed by atoms with Crippen molar-refractivity contribution in [3.8, 4) is 6.07 Å². The largest absolute Gasteiger partial charge is 0.465 e. The second-order valence-electron chi connectivity index (χ2n) is 7.48. The summed E-state index contributed by atoms with van der Waals surface area (Å²) in [5.74, 6) is 0.813. The van der Waals surface area contributed by atoms with E-state index in [0.717, 1.165) is 31.7 Å². The Morgan fingerprint density at radius 1 is 1.33 bits per heavy atom. The number of nitrogens with zero attached hydrogens (tertiary/aromatic N) is 4. The first-order valence-corrected chi connectivity index (χ1v) is 10.0. The van der Waals surface area contributed by atoms with E-state index in [1.54, 1.807) is 12.3 Å². The number of aromatic nitrogens is 1. The van der Waals surface area contributed by atoms with Crippen molar-refractivity contribution in [2.45, 2.75) is 37.5 Å². The lowest BCUT2D eigenvalue weighted by Gasteiger charge is -2.37. The number of methoxy groups -OCH3 is 1. The minimum Gasteiger partial charge on any atom is -0.465 e. The van der Waals surface area contributed by atoms with Gasteiger partial charge in [0.2, 0.25) is 0 Å². The van der Waals surface area contributed by atoms with Gasteiger partial charge in [0, 0.05) is 45.4 Å². The number of anilines is 1. The third-order valence-corrected chi connectivity index (χ3v) is 5.49. The highest BCUT2D eigenvalue weighted by atomic mass is 16.5. The van der Waals surface area contributed by atoms with E-state index in [1.807, 2.05) is 11.0 Å². The number of nitrogens with one attached hydrogen (secondary N) is 1. The molecule has 2 amide bonds. The maximum absolute atomic E-state index is 12.8. The summed E-state index contributed by atoms with van der Waals surface area (Å²) in [7, 11) is 1.48. The van der Waals surface area contributed by atoms with Gasteiger partial charge in [0.15, 0.2) is 0 Å². The lowest BCUT2D eigenvalue weighted by atomic mass is 10.0. The first-order chi connectivity index (χ1) is 14.5. The van der Waals surface area contributed by atoms with E-state index in [2.05, 4.69) is 21.3 Å². The standard InChI is InChI=1S/C20H27N5O5/c1-29-12-15(23-20(27)28)13-30-17-6-9-25(19(17)26)16-4-7-24(8-5-16)18-3-2-14(10-21)11-22-18/h2-3,11,15-17,23H,4-9,12-13H2,1H3,(H,27,28). The fourth-order valence-corrected chi connectivity index (χ4v) is 3.98. The molecule has 1 aromatic heterocycles. The number of amides is 2. The van der Waals surface area contributed by atoms with Gasteiger partial charge < -0.3 is 29.7 Å². The molecule has 30 heavy (non-hydrogen) atoms. The Balaban J connectivity index is 1.48. The van der Waals surface area contributed by atoms with E-state index < -0.39 is 18.2 Å². The number of carbonyl (C=O) groups excluding carboxylic acids is 1. The monoisotopic (exact) mass is 417 g/mol. The Hall–Kier alpha value is -2.90. The molecular weight excluding hydrogens is 390 g/mol. The van der Waals surface area contributed by atoms with Gasteiger partial charge >= 0.3 is 6.09 Å². The molecule has 3 rings (SSSR count). The maximum Gasteiger partial charge on any atom is 0.405 e. The van der Waals surface area contributed by atoms with Crippen LogP contribution in [0.25, 0.3) is 0 Å². The average Bonchev–Trinajstić information content (AvgIpc) is 3.12. The van der Waals surface area contributed by atoms with Crippen LogP contribution in [0.1, 0.15) is 24.8 Å². The summed E-state index contributed by atoms with van der Waals surface area (Å²) >= 11 is 0. The lowest BCUT2D eigenvalue weighted by molar-refractivity contribution is -0.140. The number of carbonyl (C=O) groups is 2. The molecule has 0 saturated carbocycles. The minimum absolute atomic E-state index is 0.0311. The highest BCUT2D eigenvalue weighted by Gasteiger charge is 2.38. The third kappa shape index (κ3) is 5.37. The van der Waals surface area contributed by atoms with E-state index in [4.69, 9.17) is 19.8 Å². The summed E-state index contributed by atoms with van der Waals surface area (Å²) in [6.45, 7) is 2.49. The van der Waals surface area contributed by atoms with Gasteiger partial charge in [0.1, 0.15) is 18.0 Å². The molecule has 10 nitrogen and oxygen atoms in total. The Morgan fingerprint density at radius 3 is 2.70 bits per heavy atom. The van der Waals surface area contributed by atoms with Gasteiger partial charge in [0.25, 0.3) is 5.91 Å². The number of pyridine rings is 1. The molecule has 2 N–H and O–H groups in total. The van der Waals surface area contributed by atoms with Crippen molar-refractivity contribution in [1.29, 1.82) is 5.26 Å². The van der Waals surface area contributed by atoms with Gasteiger partial charge in [-0.15, -0.1) is 0 Å². The summed E-state index contributed by atoms with van der Waals surface area (Å²) in [5, 5.41) is 20.1. The van der Waals surface area contributed by atoms with Crippen molar-refractivity contribution in [3.63, 3.8) is 0 Å². The third-order valence-electron chi connectivity index (χ3n) is 5.49. The topological polar surface area (TPSA) is 128 Å². The summed E-state index contributed by atoms with van der Waals surface area (Å²) in [4.78, 5) is 32.0. The number of rotatable bonds is 8. The van der Waals surface area contributed by atoms with E-state index in [-0.39, 0.29) is 25.2 Å². The predicted octanol–water partition coefficient (Wildman–Crippen LogP) is 0.822. The van der Waals surface area contributed by atoms with Crippen molar-refractivity contribution in [2.24, 2.45) is 0 Å². The normalized spacial score (nSPS) is 20.8. The Bertz CT molecular complexity index is 773. The lowest BCUT2D eigenvalue weighted by Crippen LogP contribution is -2.47. The molecule has 2 fully saturated rings. The second-order valence-corrected chi connectivity index (χ2v) is 7.48. The smallest absolute Gasteiger partial charge is 0.405 e. The number of hydrogen-bond acceptors (Lipinski definition) is 7. The van der Waals surface area contributed by atoms with E-state index in [9.17, 15) is 9.59 Å². The zero-order chi connectivity index (χ0) is 21.5. The van der Waals surface area contributed by atoms with Crippen LogP contribution in [0.5, 0.6) is 0 Å². The Kier molecular flexibility index (Phi) is 7.43. The van der Waals surface area contributed by atoms with E-state index in [0.29, 0.717) is 18.5 Å². The molecule has 2 saturated heterocycles. The summed E-state index contributed by atoms with van der Waals surface area (Å²) in [6, 6.07) is 5.32. The first kappa shape index (κ1) is 21.8. The molecule has 0 aromatic carbocycles. The number of piperidine rings is 1. The molecule has 10 heteroatoms. The van der Waals surface area contributed by atoms with Crippen molar-refractivity contribution in [3.05, 3.63) is 23.9 Å². The fourth-order valence-electron chi connectivity index (χ4n) is 3.98. The van der Waals surface area contributed by atoms with Crippen molar-refractivity contribution in [1.82, 2.24) is 15.2 Å². The van der Waals surface area contributed by atoms with E-state index >= 15 is 0 Å². The van der Waals surface area contributed by atoms with Crippen LogP contribution in [-0.4, -0.2) is 85.1 Å². The molecule has 2 atom stereocenters. The van der Waals surface area contributed by atoms with Gasteiger partial charge in [-0.2, -0.15) is 5.26 Å². The van der Waals surface area contributed by atoms with Gasteiger partial charge in [0.05, 0.1) is 24.8 Å². The van der Waals surface area contributed by atoms with Crippen LogP contribution in [0.4, 0.5) is 10.6 Å². The molecule has 0 aliphatic carbocycles. The molecule has 162 valence electrons. The van der Waals surface area contributed by atoms with Crippen molar-refractivity contribution >= 4 is 17.8 Å². The Labute approximate surface area is 175 Å². The Morgan fingerprint density at radius 2 is 2.10 bits per heavy atom. The molecule has 0 spiro atoms. The van der Waals surface area contributed by atoms with Crippen LogP contribution in [0.3, 0.4) is 0 Å². The quantitative estimate of drug-likeness (QED) is 0.636. The number of carboxylic acid groups (broad SMARTS) is 1. The van der Waals surface area contributed by atoms with Gasteiger partial charge in [-0.25, -0.2) is 9.78 Å². The van der Waals surface area contributed by atoms with Crippen LogP contribution in [0.15, 0.2) is 18.3 Å². The fraction of sp³-hybridized carbons (Fsp3) is 0.600. The highest BCUT2D eigenvalue weighted by molar-refractivity contribution is 5.83. The molecule has 0 bridgehead atoms. The van der Waals surface area contributed by atoms with Gasteiger partial charge in [-0.1, -0.05) is 0 Å². The van der Waals surface area contributed by atoms with Crippen molar-refractivity contribution < 1.29 is 24.2 Å². The SMILES string of the molecule is COCC(COC1CCN(C2CCN(c3ccc(C#N)cn3)CC2)C1=O)NC(=O)O. The van der Waals surface area contributed by atoms with Crippen LogP contribution >= 0.6 is 0 Å². The summed E-state index contributed by atoms with van der Waals surface area (Å²) in [5.41, 5.74) is 0.536. The van der Waals surface area contributed by atoms with Crippen LogP contribution < -0.4 is 10.2 Å². The van der Waals surface area contributed by atoms with Crippen LogP contribution in [0, 0.1) is 11.3 Å². The molecule has 3 heterocycles. The predicted molar refractivity (Wildman–Crippen MR) is 107 cm³/mol. The number of nitriles is 1.